The van der Waals surface area contributed by atoms with Crippen LogP contribution in [-0.2, 0) is 10.8 Å². The number of para-hydroxylation sites is 2. The number of rotatable bonds is 0. The Kier molecular flexibility index (Phi) is 4.33. The van der Waals surface area contributed by atoms with Gasteiger partial charge in [0.25, 0.3) is 0 Å². The fraction of sp³-hybridized carbons (Fsp3) is 0.278. The lowest BCUT2D eigenvalue weighted by molar-refractivity contribution is 0.0583. The summed E-state index contributed by atoms with van der Waals surface area (Å²) in [6, 6.07) is 26.0. The Labute approximate surface area is 236 Å². The van der Waals surface area contributed by atoms with Gasteiger partial charge in [-0.15, -0.1) is 0 Å². The minimum atomic E-state index is -0.634. The summed E-state index contributed by atoms with van der Waals surface area (Å²) < 4.78 is 14.4. The molecule has 2 unspecified atom stereocenters. The fourth-order valence-electron chi connectivity index (χ4n) is 7.86. The first-order valence-corrected chi connectivity index (χ1v) is 14.2. The predicted octanol–water partition coefficient (Wildman–Crippen LogP) is 7.90. The molecule has 0 radical (unpaired) electrons. The Morgan fingerprint density at radius 3 is 1.32 bits per heavy atom. The number of ether oxygens (including phenoxy) is 2. The highest BCUT2D eigenvalue weighted by Crippen LogP contribution is 2.57. The van der Waals surface area contributed by atoms with Crippen LogP contribution < -0.4 is 19.3 Å². The van der Waals surface area contributed by atoms with E-state index in [1.807, 2.05) is 0 Å². The second-order valence-corrected chi connectivity index (χ2v) is 12.7. The van der Waals surface area contributed by atoms with E-state index in [-0.39, 0.29) is 10.8 Å². The number of fused-ring (bicyclic) bond motifs is 7. The highest BCUT2D eigenvalue weighted by Gasteiger charge is 2.59. The number of benzene rings is 4. The molecule has 4 nitrogen and oxygen atoms in total. The van der Waals surface area contributed by atoms with E-state index in [0.717, 1.165) is 33.4 Å². The van der Waals surface area contributed by atoms with Crippen LogP contribution in [0.5, 0.6) is 11.5 Å². The predicted molar refractivity (Wildman–Crippen MR) is 164 cm³/mol. The maximum absolute atomic E-state index is 7.18. The minimum absolute atomic E-state index is 0.255. The van der Waals surface area contributed by atoms with E-state index in [1.54, 1.807) is 0 Å². The Bertz CT molecular complexity index is 1680. The standard InChI is InChI=1S/C36H34N2O2/c1-33(2)27-11-7-9-13-29(27)37(5)35(33)21-19-23-15-18-26-25(31(23)39-35)17-16-24-20-22-36(40-32(24)26)34(3,4)28-12-8-10-14-30(28)38(36)6/h7-22H,1-6H3. The molecule has 4 heteroatoms. The first-order valence-electron chi connectivity index (χ1n) is 14.2. The highest BCUT2D eigenvalue weighted by atomic mass is 16.5. The van der Waals surface area contributed by atoms with Gasteiger partial charge in [-0.2, -0.15) is 0 Å². The molecule has 0 aromatic heterocycles. The third kappa shape index (κ3) is 2.54. The maximum atomic E-state index is 7.18. The number of hydrogen-bond donors (Lipinski definition) is 0. The van der Waals surface area contributed by atoms with Crippen molar-refractivity contribution in [2.24, 2.45) is 0 Å². The van der Waals surface area contributed by atoms with E-state index in [1.165, 1.54) is 22.5 Å². The van der Waals surface area contributed by atoms with Gasteiger partial charge in [0.1, 0.15) is 11.5 Å². The summed E-state index contributed by atoms with van der Waals surface area (Å²) in [5, 5.41) is 2.14. The lowest BCUT2D eigenvalue weighted by Gasteiger charge is -2.47. The van der Waals surface area contributed by atoms with Crippen LogP contribution in [0.1, 0.15) is 49.9 Å². The van der Waals surface area contributed by atoms with Crippen molar-refractivity contribution in [1.82, 2.24) is 0 Å². The lowest BCUT2D eigenvalue weighted by Crippen LogP contribution is -2.58. The van der Waals surface area contributed by atoms with E-state index in [4.69, 9.17) is 9.47 Å². The van der Waals surface area contributed by atoms with Gasteiger partial charge in [-0.25, -0.2) is 0 Å². The summed E-state index contributed by atoms with van der Waals surface area (Å²) in [6.07, 6.45) is 8.94. The molecule has 2 spiro atoms. The fourth-order valence-corrected chi connectivity index (χ4v) is 7.86. The summed E-state index contributed by atoms with van der Waals surface area (Å²) in [4.78, 5) is 4.58. The van der Waals surface area contributed by atoms with Crippen LogP contribution in [0.4, 0.5) is 11.4 Å². The van der Waals surface area contributed by atoms with Crippen molar-refractivity contribution in [2.45, 2.75) is 50.0 Å². The monoisotopic (exact) mass is 526 g/mol. The van der Waals surface area contributed by atoms with Crippen LogP contribution in [0.15, 0.2) is 84.9 Å². The molecule has 0 saturated heterocycles. The van der Waals surface area contributed by atoms with Gasteiger partial charge in [-0.3, -0.25) is 0 Å². The summed E-state index contributed by atoms with van der Waals surface area (Å²) in [7, 11) is 4.28. The molecular formula is C36H34N2O2. The van der Waals surface area contributed by atoms with Crippen LogP contribution >= 0.6 is 0 Å². The molecule has 200 valence electrons. The van der Waals surface area contributed by atoms with Gasteiger partial charge in [0, 0.05) is 47.4 Å². The molecule has 0 fully saturated rings. The summed E-state index contributed by atoms with van der Waals surface area (Å²) in [6.45, 7) is 9.13. The van der Waals surface area contributed by atoms with Gasteiger partial charge in [0.2, 0.25) is 11.4 Å². The van der Waals surface area contributed by atoms with Crippen LogP contribution in [0.25, 0.3) is 22.9 Å². The number of likely N-dealkylation sites (N-methyl/N-ethyl adjacent to an activating group) is 2. The second kappa shape index (κ2) is 7.31. The minimum Gasteiger partial charge on any atom is -0.462 e. The number of nitrogens with zero attached hydrogens (tertiary/aromatic N) is 2. The van der Waals surface area contributed by atoms with E-state index in [0.29, 0.717) is 0 Å². The van der Waals surface area contributed by atoms with E-state index in [9.17, 15) is 0 Å². The maximum Gasteiger partial charge on any atom is 0.211 e. The average molecular weight is 527 g/mol. The molecule has 0 N–H and O–H groups in total. The number of hydrogen-bond acceptors (Lipinski definition) is 4. The van der Waals surface area contributed by atoms with Crippen molar-refractivity contribution in [3.8, 4) is 11.5 Å². The smallest absolute Gasteiger partial charge is 0.211 e. The molecule has 4 aromatic rings. The molecule has 8 rings (SSSR count). The van der Waals surface area contributed by atoms with E-state index in [2.05, 4.69) is 149 Å². The third-order valence-corrected chi connectivity index (χ3v) is 10.3. The Hall–Kier alpha value is -4.18. The topological polar surface area (TPSA) is 24.9 Å². The van der Waals surface area contributed by atoms with Gasteiger partial charge < -0.3 is 19.3 Å². The molecule has 2 atom stereocenters. The molecule has 4 aliphatic rings. The second-order valence-electron chi connectivity index (χ2n) is 12.7. The van der Waals surface area contributed by atoms with Gasteiger partial charge >= 0.3 is 0 Å². The summed E-state index contributed by atoms with van der Waals surface area (Å²) in [5.74, 6) is 1.81. The van der Waals surface area contributed by atoms with Crippen molar-refractivity contribution in [3.05, 3.63) is 107 Å². The Morgan fingerprint density at radius 1 is 0.525 bits per heavy atom. The molecule has 4 aliphatic heterocycles. The lowest BCUT2D eigenvalue weighted by atomic mass is 9.76. The van der Waals surface area contributed by atoms with Gasteiger partial charge in [-0.05, 0) is 87.4 Å². The van der Waals surface area contributed by atoms with Crippen molar-refractivity contribution in [3.63, 3.8) is 0 Å². The normalized spacial score (nSPS) is 25.9. The van der Waals surface area contributed by atoms with Crippen LogP contribution in [0.2, 0.25) is 0 Å². The summed E-state index contributed by atoms with van der Waals surface area (Å²) in [5.41, 5.74) is 5.41. The highest BCUT2D eigenvalue weighted by molar-refractivity contribution is 5.99. The van der Waals surface area contributed by atoms with Crippen molar-refractivity contribution >= 4 is 34.3 Å². The van der Waals surface area contributed by atoms with Crippen LogP contribution in [0, 0.1) is 0 Å². The van der Waals surface area contributed by atoms with Gasteiger partial charge in [-0.1, -0.05) is 48.5 Å². The SMILES string of the molecule is CN1c2ccccc2C(C)(C)C12C=Cc1ccc3c4c(ccc3c1O2)C=CC1(O4)N(C)c2ccccc2C1(C)C. The van der Waals surface area contributed by atoms with Crippen molar-refractivity contribution < 1.29 is 9.47 Å². The average Bonchev–Trinajstić information content (AvgIpc) is 3.23. The van der Waals surface area contributed by atoms with E-state index >= 15 is 0 Å². The van der Waals surface area contributed by atoms with Gasteiger partial charge in [0.15, 0.2) is 0 Å². The molecular weight excluding hydrogens is 492 g/mol. The first kappa shape index (κ1) is 23.7. The zero-order chi connectivity index (χ0) is 27.7. The molecule has 0 amide bonds. The van der Waals surface area contributed by atoms with Gasteiger partial charge in [0.05, 0.1) is 10.8 Å². The third-order valence-electron chi connectivity index (χ3n) is 10.3. The molecule has 0 saturated carbocycles. The first-order chi connectivity index (χ1) is 19.1. The zero-order valence-corrected chi connectivity index (χ0v) is 23.9. The molecule has 4 heterocycles. The number of anilines is 2. The van der Waals surface area contributed by atoms with Crippen LogP contribution in [-0.4, -0.2) is 25.5 Å². The largest absolute Gasteiger partial charge is 0.462 e. The Balaban J connectivity index is 1.28. The van der Waals surface area contributed by atoms with Crippen LogP contribution in [0.3, 0.4) is 0 Å². The summed E-state index contributed by atoms with van der Waals surface area (Å²) >= 11 is 0. The molecule has 40 heavy (non-hydrogen) atoms. The molecule has 0 bridgehead atoms. The molecule has 0 aliphatic carbocycles. The quantitative estimate of drug-likeness (QED) is 0.233. The zero-order valence-electron chi connectivity index (χ0n) is 23.9. The molecule has 4 aromatic carbocycles. The van der Waals surface area contributed by atoms with Crippen molar-refractivity contribution in [1.29, 1.82) is 0 Å². The Morgan fingerprint density at radius 2 is 0.925 bits per heavy atom. The van der Waals surface area contributed by atoms with E-state index < -0.39 is 11.4 Å². The van der Waals surface area contributed by atoms with Crippen molar-refractivity contribution in [2.75, 3.05) is 23.9 Å².